The molecular weight excluding hydrogens is 352 g/mol. The molecule has 26 heavy (non-hydrogen) atoms. The monoisotopic (exact) mass is 368 g/mol. The lowest BCUT2D eigenvalue weighted by Crippen LogP contribution is -2.40. The van der Waals surface area contributed by atoms with Gasteiger partial charge >= 0.3 is 6.03 Å². The molecule has 1 saturated heterocycles. The summed E-state index contributed by atoms with van der Waals surface area (Å²) in [5.74, 6) is -0.362. The standard InChI is InChI=1S/C18H16N4O3S/c1-11-3-5-12(6-4-11)18(2)15(24)22(16(25)20-18)10-13-9-14(23)21-7-8-26-17(21)19-13/h3-9H,10H2,1-2H3,(H,20,25)/t18-/m0/s1. The minimum Gasteiger partial charge on any atom is -0.319 e. The van der Waals surface area contributed by atoms with Crippen LogP contribution >= 0.6 is 11.3 Å². The number of nitrogens with one attached hydrogen (secondary N) is 1. The smallest absolute Gasteiger partial charge is 0.319 e. The van der Waals surface area contributed by atoms with Crippen LogP contribution in [-0.2, 0) is 16.9 Å². The number of aromatic nitrogens is 2. The van der Waals surface area contributed by atoms with Crippen molar-refractivity contribution in [3.8, 4) is 0 Å². The van der Waals surface area contributed by atoms with E-state index >= 15 is 0 Å². The number of carbonyl (C=O) groups excluding carboxylic acids is 2. The zero-order chi connectivity index (χ0) is 18.5. The number of hydrogen-bond donors (Lipinski definition) is 1. The van der Waals surface area contributed by atoms with Crippen LogP contribution in [0.3, 0.4) is 0 Å². The Kier molecular flexibility index (Phi) is 3.66. The first-order valence-corrected chi connectivity index (χ1v) is 8.93. The number of urea groups is 1. The topological polar surface area (TPSA) is 83.8 Å². The lowest BCUT2D eigenvalue weighted by Gasteiger charge is -2.22. The van der Waals surface area contributed by atoms with Gasteiger partial charge in [0.2, 0.25) is 0 Å². The fourth-order valence-corrected chi connectivity index (χ4v) is 3.79. The van der Waals surface area contributed by atoms with Gasteiger partial charge in [-0.05, 0) is 19.4 Å². The molecule has 0 aliphatic carbocycles. The molecule has 0 saturated carbocycles. The Morgan fingerprint density at radius 3 is 2.65 bits per heavy atom. The van der Waals surface area contributed by atoms with Gasteiger partial charge in [0.15, 0.2) is 4.96 Å². The van der Waals surface area contributed by atoms with Crippen molar-refractivity contribution in [3.63, 3.8) is 0 Å². The van der Waals surface area contributed by atoms with E-state index in [0.717, 1.165) is 10.5 Å². The van der Waals surface area contributed by atoms with Gasteiger partial charge in [-0.3, -0.25) is 18.9 Å². The molecule has 132 valence electrons. The maximum absolute atomic E-state index is 13.0. The van der Waals surface area contributed by atoms with Crippen LogP contribution in [0.4, 0.5) is 4.79 Å². The fraction of sp³-hybridized carbons (Fsp3) is 0.222. The van der Waals surface area contributed by atoms with E-state index in [4.69, 9.17) is 0 Å². The van der Waals surface area contributed by atoms with Gasteiger partial charge < -0.3 is 5.32 Å². The molecule has 0 unspecified atom stereocenters. The van der Waals surface area contributed by atoms with Crippen LogP contribution in [0.2, 0.25) is 0 Å². The lowest BCUT2D eigenvalue weighted by molar-refractivity contribution is -0.131. The summed E-state index contributed by atoms with van der Waals surface area (Å²) in [6, 6.07) is 8.32. The minimum atomic E-state index is -1.13. The van der Waals surface area contributed by atoms with Crippen molar-refractivity contribution in [2.45, 2.75) is 25.9 Å². The van der Waals surface area contributed by atoms with E-state index in [1.807, 2.05) is 31.2 Å². The molecule has 4 rings (SSSR count). The Morgan fingerprint density at radius 1 is 1.19 bits per heavy atom. The summed E-state index contributed by atoms with van der Waals surface area (Å²) in [5.41, 5.74) is 0.798. The molecule has 8 heteroatoms. The van der Waals surface area contributed by atoms with Gasteiger partial charge in [0.25, 0.3) is 11.5 Å². The van der Waals surface area contributed by atoms with Gasteiger partial charge in [0.1, 0.15) is 5.54 Å². The predicted octanol–water partition coefficient (Wildman–Crippen LogP) is 2.03. The number of fused-ring (bicyclic) bond motifs is 1. The van der Waals surface area contributed by atoms with Crippen molar-refractivity contribution in [1.82, 2.24) is 19.6 Å². The zero-order valence-corrected chi connectivity index (χ0v) is 15.0. The van der Waals surface area contributed by atoms with Crippen molar-refractivity contribution in [2.75, 3.05) is 0 Å². The molecule has 3 aromatic rings. The third-order valence-corrected chi connectivity index (χ3v) is 5.34. The van der Waals surface area contributed by atoms with E-state index in [-0.39, 0.29) is 18.0 Å². The van der Waals surface area contributed by atoms with E-state index < -0.39 is 11.6 Å². The molecule has 0 spiro atoms. The van der Waals surface area contributed by atoms with Gasteiger partial charge in [0.05, 0.1) is 12.2 Å². The molecule has 7 nitrogen and oxygen atoms in total. The maximum Gasteiger partial charge on any atom is 0.325 e. The van der Waals surface area contributed by atoms with Crippen molar-refractivity contribution in [3.05, 3.63) is 69.1 Å². The molecule has 1 fully saturated rings. The van der Waals surface area contributed by atoms with Gasteiger partial charge in [0, 0.05) is 17.6 Å². The number of nitrogens with zero attached hydrogens (tertiary/aromatic N) is 3. The molecular formula is C18H16N4O3S. The number of benzene rings is 1. The van der Waals surface area contributed by atoms with Crippen molar-refractivity contribution < 1.29 is 9.59 Å². The molecule has 3 heterocycles. The summed E-state index contributed by atoms with van der Waals surface area (Å²) in [7, 11) is 0. The molecule has 1 aliphatic rings. The predicted molar refractivity (Wildman–Crippen MR) is 97.0 cm³/mol. The number of imide groups is 1. The Balaban J connectivity index is 1.66. The lowest BCUT2D eigenvalue weighted by atomic mass is 9.91. The molecule has 0 radical (unpaired) electrons. The summed E-state index contributed by atoms with van der Waals surface area (Å²) >= 11 is 1.32. The summed E-state index contributed by atoms with van der Waals surface area (Å²) in [6.07, 6.45) is 1.64. The first-order chi connectivity index (χ1) is 12.4. The Labute approximate surface area is 152 Å². The van der Waals surface area contributed by atoms with Gasteiger partial charge in [-0.1, -0.05) is 29.8 Å². The van der Waals surface area contributed by atoms with Gasteiger partial charge in [-0.15, -0.1) is 11.3 Å². The van der Waals surface area contributed by atoms with Crippen LogP contribution in [-0.4, -0.2) is 26.2 Å². The van der Waals surface area contributed by atoms with E-state index in [1.165, 1.54) is 21.8 Å². The first-order valence-electron chi connectivity index (χ1n) is 8.05. The van der Waals surface area contributed by atoms with Crippen molar-refractivity contribution >= 4 is 28.2 Å². The third-order valence-electron chi connectivity index (χ3n) is 4.58. The van der Waals surface area contributed by atoms with Crippen molar-refractivity contribution in [1.29, 1.82) is 0 Å². The zero-order valence-electron chi connectivity index (χ0n) is 14.2. The average molecular weight is 368 g/mol. The highest BCUT2D eigenvalue weighted by molar-refractivity contribution is 7.15. The number of carbonyl (C=O) groups is 2. The molecule has 2 aromatic heterocycles. The Hall–Kier alpha value is -3.00. The minimum absolute atomic E-state index is 0.0459. The normalized spacial score (nSPS) is 20.0. The van der Waals surface area contributed by atoms with Crippen LogP contribution in [0.1, 0.15) is 23.7 Å². The Morgan fingerprint density at radius 2 is 1.92 bits per heavy atom. The summed E-state index contributed by atoms with van der Waals surface area (Å²) in [4.78, 5) is 43.5. The maximum atomic E-state index is 13.0. The number of rotatable bonds is 3. The van der Waals surface area contributed by atoms with Crippen LogP contribution in [0.5, 0.6) is 0 Å². The second-order valence-corrected chi connectivity index (χ2v) is 7.33. The fourth-order valence-electron chi connectivity index (χ4n) is 3.05. The van der Waals surface area contributed by atoms with E-state index in [0.29, 0.717) is 16.2 Å². The number of hydrogen-bond acceptors (Lipinski definition) is 5. The third kappa shape index (κ3) is 2.50. The number of thiazole rings is 1. The average Bonchev–Trinajstić information content (AvgIpc) is 3.15. The van der Waals surface area contributed by atoms with Crippen molar-refractivity contribution in [2.24, 2.45) is 0 Å². The number of aryl methyl sites for hydroxylation is 1. The highest BCUT2D eigenvalue weighted by Crippen LogP contribution is 2.29. The second-order valence-electron chi connectivity index (χ2n) is 6.45. The number of amides is 3. The van der Waals surface area contributed by atoms with Gasteiger partial charge in [-0.25, -0.2) is 9.78 Å². The molecule has 0 bridgehead atoms. The highest BCUT2D eigenvalue weighted by Gasteiger charge is 2.49. The summed E-state index contributed by atoms with van der Waals surface area (Å²) in [6.45, 7) is 3.59. The second kappa shape index (κ2) is 5.77. The Bertz CT molecular complexity index is 1090. The van der Waals surface area contributed by atoms with E-state index in [1.54, 1.807) is 18.5 Å². The first kappa shape index (κ1) is 16.5. The van der Waals surface area contributed by atoms with E-state index in [9.17, 15) is 14.4 Å². The molecule has 1 N–H and O–H groups in total. The molecule has 1 aromatic carbocycles. The molecule has 1 atom stereocenters. The highest BCUT2D eigenvalue weighted by atomic mass is 32.1. The summed E-state index contributed by atoms with van der Waals surface area (Å²) < 4.78 is 1.43. The largest absolute Gasteiger partial charge is 0.325 e. The van der Waals surface area contributed by atoms with Crippen LogP contribution in [0.15, 0.2) is 46.7 Å². The van der Waals surface area contributed by atoms with Crippen LogP contribution in [0, 0.1) is 6.92 Å². The van der Waals surface area contributed by atoms with Crippen LogP contribution in [0.25, 0.3) is 4.96 Å². The summed E-state index contributed by atoms with van der Waals surface area (Å²) in [5, 5.41) is 4.52. The molecule has 3 amide bonds. The van der Waals surface area contributed by atoms with Crippen LogP contribution < -0.4 is 10.9 Å². The van der Waals surface area contributed by atoms with Gasteiger partial charge in [-0.2, -0.15) is 0 Å². The quantitative estimate of drug-likeness (QED) is 0.717. The SMILES string of the molecule is Cc1ccc([C@]2(C)NC(=O)N(Cc3cc(=O)n4ccsc4n3)C2=O)cc1. The molecule has 1 aliphatic heterocycles. The van der Waals surface area contributed by atoms with E-state index in [2.05, 4.69) is 10.3 Å².